The number of ether oxygens (including phenoxy) is 1. The number of methoxy groups -OCH3 is 1. The summed E-state index contributed by atoms with van der Waals surface area (Å²) in [7, 11) is 1.53. The summed E-state index contributed by atoms with van der Waals surface area (Å²) in [6.07, 6.45) is 0. The molecule has 2 aromatic rings. The number of aromatic nitrogens is 2. The molecule has 0 saturated heterocycles. The van der Waals surface area contributed by atoms with Crippen molar-refractivity contribution in [3.05, 3.63) is 28.0 Å². The molecule has 78 valence electrons. The quantitative estimate of drug-likeness (QED) is 0.823. The third kappa shape index (κ3) is 2.05. The monoisotopic (exact) mass is 242 g/mol. The average molecular weight is 242 g/mol. The zero-order valence-electron chi connectivity index (χ0n) is 7.78. The normalized spacial score (nSPS) is 10.3. The highest BCUT2D eigenvalue weighted by Gasteiger charge is 2.10. The predicted molar refractivity (Wildman–Crippen MR) is 59.2 cm³/mol. The van der Waals surface area contributed by atoms with Gasteiger partial charge in [0.1, 0.15) is 16.6 Å². The summed E-state index contributed by atoms with van der Waals surface area (Å²) < 4.78 is 18.7. The van der Waals surface area contributed by atoms with Crippen molar-refractivity contribution in [2.24, 2.45) is 0 Å². The fourth-order valence-electron chi connectivity index (χ4n) is 1.19. The molecule has 3 nitrogen and oxygen atoms in total. The van der Waals surface area contributed by atoms with Crippen LogP contribution in [0.1, 0.15) is 0 Å². The number of nitrogens with one attached hydrogen (secondary N) is 1. The summed E-state index contributed by atoms with van der Waals surface area (Å²) >= 11 is 6.19. The van der Waals surface area contributed by atoms with E-state index in [0.717, 1.165) is 0 Å². The molecule has 2 rings (SSSR count). The molecule has 0 aliphatic heterocycles. The van der Waals surface area contributed by atoms with E-state index in [4.69, 9.17) is 17.0 Å². The Balaban J connectivity index is 2.59. The number of hydrogen-bond acceptors (Lipinski definition) is 4. The van der Waals surface area contributed by atoms with Gasteiger partial charge in [0.2, 0.25) is 0 Å². The number of benzene rings is 1. The SMILES string of the molecule is COc1ccc(F)cc1-c1n[nH]c(=S)s1. The highest BCUT2D eigenvalue weighted by molar-refractivity contribution is 7.73. The maximum atomic E-state index is 13.1. The average Bonchev–Trinajstić information content (AvgIpc) is 2.65. The molecule has 0 saturated carbocycles. The number of rotatable bonds is 2. The number of aromatic amines is 1. The number of H-pyrrole nitrogens is 1. The molecular weight excluding hydrogens is 235 g/mol. The molecule has 0 spiro atoms. The Morgan fingerprint density at radius 1 is 1.53 bits per heavy atom. The fourth-order valence-corrected chi connectivity index (χ4v) is 2.10. The van der Waals surface area contributed by atoms with Crippen LogP contribution < -0.4 is 4.74 Å². The van der Waals surface area contributed by atoms with Gasteiger partial charge in [0.25, 0.3) is 0 Å². The zero-order valence-corrected chi connectivity index (χ0v) is 9.41. The Morgan fingerprint density at radius 3 is 2.93 bits per heavy atom. The maximum absolute atomic E-state index is 13.1. The van der Waals surface area contributed by atoms with Crippen LogP contribution in [0.25, 0.3) is 10.6 Å². The molecule has 0 radical (unpaired) electrons. The Hall–Kier alpha value is -1.27. The third-order valence-electron chi connectivity index (χ3n) is 1.83. The molecule has 15 heavy (non-hydrogen) atoms. The highest BCUT2D eigenvalue weighted by atomic mass is 32.1. The maximum Gasteiger partial charge on any atom is 0.176 e. The van der Waals surface area contributed by atoms with Gasteiger partial charge in [-0.25, -0.2) is 4.39 Å². The lowest BCUT2D eigenvalue weighted by Gasteiger charge is -2.04. The van der Waals surface area contributed by atoms with Crippen molar-refractivity contribution in [2.45, 2.75) is 0 Å². The molecule has 1 aromatic heterocycles. The standard InChI is InChI=1S/C9H7FN2OS2/c1-13-7-3-2-5(10)4-6(7)8-11-12-9(14)15-8/h2-4H,1H3,(H,12,14). The lowest BCUT2D eigenvalue weighted by molar-refractivity contribution is 0.415. The largest absolute Gasteiger partial charge is 0.496 e. The molecule has 1 aromatic carbocycles. The molecule has 1 heterocycles. The molecule has 1 N–H and O–H groups in total. The van der Waals surface area contributed by atoms with Gasteiger partial charge in [0.05, 0.1) is 12.7 Å². The van der Waals surface area contributed by atoms with Crippen molar-refractivity contribution in [1.82, 2.24) is 10.2 Å². The van der Waals surface area contributed by atoms with Crippen LogP contribution in [0.2, 0.25) is 0 Å². The summed E-state index contributed by atoms with van der Waals surface area (Å²) in [4.78, 5) is 0. The van der Waals surface area contributed by atoms with Crippen LogP contribution in [-0.4, -0.2) is 17.3 Å². The van der Waals surface area contributed by atoms with E-state index in [1.165, 1.54) is 30.6 Å². The summed E-state index contributed by atoms with van der Waals surface area (Å²) in [6, 6.07) is 4.28. The van der Waals surface area contributed by atoms with Gasteiger partial charge in [-0.05, 0) is 30.4 Å². The minimum absolute atomic E-state index is 0.327. The Bertz CT molecular complexity index is 535. The van der Waals surface area contributed by atoms with Crippen molar-refractivity contribution in [1.29, 1.82) is 0 Å². The lowest BCUT2D eigenvalue weighted by Crippen LogP contribution is -1.88. The molecule has 0 atom stereocenters. The second-order valence-corrected chi connectivity index (χ2v) is 4.43. The third-order valence-corrected chi connectivity index (χ3v) is 2.95. The van der Waals surface area contributed by atoms with Crippen LogP contribution in [0.4, 0.5) is 4.39 Å². The van der Waals surface area contributed by atoms with Gasteiger partial charge in [-0.2, -0.15) is 5.10 Å². The molecule has 0 amide bonds. The zero-order chi connectivity index (χ0) is 10.8. The van der Waals surface area contributed by atoms with E-state index < -0.39 is 0 Å². The summed E-state index contributed by atoms with van der Waals surface area (Å²) in [5.41, 5.74) is 0.606. The molecule has 0 fully saturated rings. The van der Waals surface area contributed by atoms with Gasteiger partial charge >= 0.3 is 0 Å². The summed E-state index contributed by atoms with van der Waals surface area (Å²) in [6.45, 7) is 0. The van der Waals surface area contributed by atoms with Gasteiger partial charge < -0.3 is 4.74 Å². The van der Waals surface area contributed by atoms with Crippen molar-refractivity contribution in [3.63, 3.8) is 0 Å². The Labute approximate surface area is 94.5 Å². The summed E-state index contributed by atoms with van der Waals surface area (Å²) in [5, 5.41) is 7.24. The second kappa shape index (κ2) is 4.08. The molecule has 0 aliphatic rings. The molecule has 0 bridgehead atoms. The molecule has 6 heteroatoms. The van der Waals surface area contributed by atoms with Crippen LogP contribution in [0.3, 0.4) is 0 Å². The van der Waals surface area contributed by atoms with E-state index in [1.807, 2.05) is 0 Å². The Kier molecular flexibility index (Phi) is 2.79. The number of hydrogen-bond donors (Lipinski definition) is 1. The van der Waals surface area contributed by atoms with Crippen LogP contribution in [0.5, 0.6) is 5.75 Å². The lowest BCUT2D eigenvalue weighted by atomic mass is 10.2. The van der Waals surface area contributed by atoms with Crippen LogP contribution in [0, 0.1) is 9.77 Å². The number of halogens is 1. The van der Waals surface area contributed by atoms with E-state index in [1.54, 1.807) is 6.07 Å². The van der Waals surface area contributed by atoms with Gasteiger partial charge in [0, 0.05) is 0 Å². The topological polar surface area (TPSA) is 37.9 Å². The van der Waals surface area contributed by atoms with Crippen LogP contribution in [0.15, 0.2) is 18.2 Å². The van der Waals surface area contributed by atoms with Crippen molar-refractivity contribution in [2.75, 3.05) is 7.11 Å². The highest BCUT2D eigenvalue weighted by Crippen LogP contribution is 2.31. The second-order valence-electron chi connectivity index (χ2n) is 2.76. The van der Waals surface area contributed by atoms with E-state index in [9.17, 15) is 4.39 Å². The van der Waals surface area contributed by atoms with E-state index in [-0.39, 0.29) is 5.82 Å². The van der Waals surface area contributed by atoms with Crippen molar-refractivity contribution in [3.8, 4) is 16.3 Å². The van der Waals surface area contributed by atoms with Crippen molar-refractivity contribution < 1.29 is 9.13 Å². The number of nitrogens with zero attached hydrogens (tertiary/aromatic N) is 1. The first-order valence-corrected chi connectivity index (χ1v) is 5.32. The fraction of sp³-hybridized carbons (Fsp3) is 0.111. The first kappa shape index (κ1) is 10.3. The van der Waals surface area contributed by atoms with E-state index in [0.29, 0.717) is 20.3 Å². The minimum Gasteiger partial charge on any atom is -0.496 e. The first-order valence-electron chi connectivity index (χ1n) is 4.10. The van der Waals surface area contributed by atoms with Crippen molar-refractivity contribution >= 4 is 23.6 Å². The van der Waals surface area contributed by atoms with Gasteiger partial charge in [-0.3, -0.25) is 5.10 Å². The first-order chi connectivity index (χ1) is 7.20. The molecular formula is C9H7FN2OS2. The molecule has 0 unspecified atom stereocenters. The minimum atomic E-state index is -0.327. The smallest absolute Gasteiger partial charge is 0.176 e. The van der Waals surface area contributed by atoms with Gasteiger partial charge in [-0.15, -0.1) is 0 Å². The summed E-state index contributed by atoms with van der Waals surface area (Å²) in [5.74, 6) is 0.251. The van der Waals surface area contributed by atoms with Crippen LogP contribution in [-0.2, 0) is 0 Å². The van der Waals surface area contributed by atoms with Gasteiger partial charge in [0.15, 0.2) is 3.95 Å². The molecule has 0 aliphatic carbocycles. The van der Waals surface area contributed by atoms with E-state index >= 15 is 0 Å². The Morgan fingerprint density at radius 2 is 2.33 bits per heavy atom. The predicted octanol–water partition coefficient (Wildman–Crippen LogP) is 3.02. The van der Waals surface area contributed by atoms with Gasteiger partial charge in [-0.1, -0.05) is 11.3 Å². The van der Waals surface area contributed by atoms with Crippen LogP contribution >= 0.6 is 23.6 Å². The van der Waals surface area contributed by atoms with E-state index in [2.05, 4.69) is 10.2 Å².